The van der Waals surface area contributed by atoms with E-state index >= 15 is 0 Å². The molecule has 3 aromatic rings. The first-order valence-corrected chi connectivity index (χ1v) is 9.08. The summed E-state index contributed by atoms with van der Waals surface area (Å²) in [6, 6.07) is 17.6. The maximum Gasteiger partial charge on any atom is 0.329 e. The molecule has 1 aliphatic heterocycles. The zero-order valence-corrected chi connectivity index (χ0v) is 15.5. The van der Waals surface area contributed by atoms with Crippen LogP contribution in [0.25, 0.3) is 0 Å². The first-order valence-electron chi connectivity index (χ1n) is 8.70. The van der Waals surface area contributed by atoms with Crippen LogP contribution in [0.15, 0.2) is 64.2 Å². The number of anilines is 2. The molecule has 0 saturated heterocycles. The molecule has 0 radical (unpaired) electrons. The number of hydrogen-bond acceptors (Lipinski definition) is 4. The Bertz CT molecular complexity index is 1070. The molecule has 138 valence electrons. The zero-order valence-electron chi connectivity index (χ0n) is 14.8. The van der Waals surface area contributed by atoms with Crippen molar-refractivity contribution in [3.8, 4) is 0 Å². The monoisotopic (exact) mass is 382 g/mol. The number of hydrogen-bond donors (Lipinski definition) is 2. The fraction of sp³-hybridized carbons (Fsp3) is 0.200. The summed E-state index contributed by atoms with van der Waals surface area (Å²) in [6.07, 6.45) is 0.523. The van der Waals surface area contributed by atoms with E-state index in [1.54, 1.807) is 0 Å². The molecule has 0 fully saturated rings. The topological polar surface area (TPSA) is 70.1 Å². The van der Waals surface area contributed by atoms with Crippen LogP contribution < -0.4 is 21.5 Å². The maximum atomic E-state index is 12.6. The van der Waals surface area contributed by atoms with Gasteiger partial charge in [0.2, 0.25) is 0 Å². The van der Waals surface area contributed by atoms with E-state index in [1.807, 2.05) is 47.4 Å². The number of halogens is 1. The lowest BCUT2D eigenvalue weighted by Gasteiger charge is -2.26. The summed E-state index contributed by atoms with van der Waals surface area (Å²) in [6.45, 7) is 0.639. The third-order valence-electron chi connectivity index (χ3n) is 4.84. The summed E-state index contributed by atoms with van der Waals surface area (Å²) in [7, 11) is 1.47. The summed E-state index contributed by atoms with van der Waals surface area (Å²) < 4.78 is 1.07. The third kappa shape index (κ3) is 3.24. The summed E-state index contributed by atoms with van der Waals surface area (Å²) in [5.41, 5.74) is 1.79. The van der Waals surface area contributed by atoms with Crippen molar-refractivity contribution in [2.75, 3.05) is 16.8 Å². The van der Waals surface area contributed by atoms with Crippen LogP contribution in [-0.4, -0.2) is 16.1 Å². The highest BCUT2D eigenvalue weighted by Gasteiger charge is 2.33. The number of nitrogens with zero attached hydrogens (tertiary/aromatic N) is 2. The lowest BCUT2D eigenvalue weighted by molar-refractivity contribution is 0.695. The first kappa shape index (κ1) is 17.4. The number of rotatable bonds is 4. The second-order valence-electron chi connectivity index (χ2n) is 6.55. The molecule has 1 aromatic heterocycles. The molecule has 2 N–H and O–H groups in total. The van der Waals surface area contributed by atoms with E-state index in [0.717, 1.165) is 16.6 Å². The van der Waals surface area contributed by atoms with Crippen LogP contribution in [0.5, 0.6) is 0 Å². The predicted molar refractivity (Wildman–Crippen MR) is 108 cm³/mol. The SMILES string of the molecule is Cn1c(=O)[nH]c2c(c1=O)NC(c1ccc(Cl)cc1)N2CCc1ccccc1. The van der Waals surface area contributed by atoms with Crippen molar-refractivity contribution in [3.05, 3.63) is 91.6 Å². The molecule has 1 atom stereocenters. The van der Waals surface area contributed by atoms with Gasteiger partial charge in [-0.1, -0.05) is 54.1 Å². The summed E-state index contributed by atoms with van der Waals surface area (Å²) in [4.78, 5) is 29.6. The number of nitrogens with one attached hydrogen (secondary N) is 2. The van der Waals surface area contributed by atoms with Crippen molar-refractivity contribution in [2.45, 2.75) is 12.6 Å². The molecule has 7 heteroatoms. The van der Waals surface area contributed by atoms with Gasteiger partial charge < -0.3 is 10.2 Å². The minimum absolute atomic E-state index is 0.258. The predicted octanol–water partition coefficient (Wildman–Crippen LogP) is 2.90. The lowest BCUT2D eigenvalue weighted by atomic mass is 10.1. The van der Waals surface area contributed by atoms with E-state index in [-0.39, 0.29) is 11.7 Å². The first-order chi connectivity index (χ1) is 13.0. The Balaban J connectivity index is 1.74. The molecule has 6 nitrogen and oxygen atoms in total. The number of benzene rings is 2. The van der Waals surface area contributed by atoms with Gasteiger partial charge in [0.1, 0.15) is 17.7 Å². The Hall–Kier alpha value is -2.99. The number of aromatic nitrogens is 2. The third-order valence-corrected chi connectivity index (χ3v) is 5.09. The van der Waals surface area contributed by atoms with Crippen molar-refractivity contribution in [1.82, 2.24) is 9.55 Å². The van der Waals surface area contributed by atoms with Gasteiger partial charge in [-0.15, -0.1) is 0 Å². The standard InChI is InChI=1S/C20H19ClN4O2/c1-24-19(26)16-18(23-20(24)27)25(12-11-13-5-3-2-4-6-13)17(22-16)14-7-9-15(21)10-8-14/h2-10,17,22H,11-12H2,1H3,(H,23,27). The highest BCUT2D eigenvalue weighted by atomic mass is 35.5. The number of aromatic amines is 1. The fourth-order valence-corrected chi connectivity index (χ4v) is 3.47. The quantitative estimate of drug-likeness (QED) is 0.728. The molecular formula is C20H19ClN4O2. The van der Waals surface area contributed by atoms with Crippen LogP contribution in [-0.2, 0) is 13.5 Å². The van der Waals surface area contributed by atoms with Crippen molar-refractivity contribution in [3.63, 3.8) is 0 Å². The van der Waals surface area contributed by atoms with Gasteiger partial charge in [-0.2, -0.15) is 0 Å². The van der Waals surface area contributed by atoms with Gasteiger partial charge in [-0.3, -0.25) is 14.3 Å². The van der Waals surface area contributed by atoms with E-state index in [1.165, 1.54) is 12.6 Å². The molecule has 4 rings (SSSR count). The van der Waals surface area contributed by atoms with Crippen LogP contribution in [0.4, 0.5) is 11.5 Å². The van der Waals surface area contributed by atoms with E-state index in [0.29, 0.717) is 23.1 Å². The Kier molecular flexibility index (Phi) is 4.49. The molecule has 0 bridgehead atoms. The van der Waals surface area contributed by atoms with Gasteiger partial charge in [-0.25, -0.2) is 4.79 Å². The van der Waals surface area contributed by atoms with Crippen LogP contribution >= 0.6 is 11.6 Å². The molecule has 0 amide bonds. The number of H-pyrrole nitrogens is 1. The minimum atomic E-state index is -0.429. The largest absolute Gasteiger partial charge is 0.354 e. The minimum Gasteiger partial charge on any atom is -0.354 e. The smallest absolute Gasteiger partial charge is 0.329 e. The van der Waals surface area contributed by atoms with E-state index in [9.17, 15) is 9.59 Å². The van der Waals surface area contributed by atoms with Gasteiger partial charge in [0, 0.05) is 18.6 Å². The molecule has 0 saturated carbocycles. The Morgan fingerprint density at radius 1 is 1.04 bits per heavy atom. The van der Waals surface area contributed by atoms with E-state index < -0.39 is 5.69 Å². The van der Waals surface area contributed by atoms with Crippen molar-refractivity contribution in [1.29, 1.82) is 0 Å². The molecule has 0 spiro atoms. The molecule has 1 unspecified atom stereocenters. The highest BCUT2D eigenvalue weighted by Crippen LogP contribution is 2.37. The Labute approximate surface area is 161 Å². The van der Waals surface area contributed by atoms with Crippen molar-refractivity contribution < 1.29 is 0 Å². The van der Waals surface area contributed by atoms with Gasteiger partial charge in [0.15, 0.2) is 0 Å². The van der Waals surface area contributed by atoms with E-state index in [2.05, 4.69) is 22.4 Å². The van der Waals surface area contributed by atoms with Crippen LogP contribution in [0.2, 0.25) is 5.02 Å². The van der Waals surface area contributed by atoms with Crippen molar-refractivity contribution in [2.24, 2.45) is 7.05 Å². The summed E-state index contributed by atoms with van der Waals surface area (Å²) in [5.74, 6) is 0.527. The van der Waals surface area contributed by atoms with Gasteiger partial charge in [0.25, 0.3) is 5.56 Å². The molecular weight excluding hydrogens is 364 g/mol. The Morgan fingerprint density at radius 3 is 2.44 bits per heavy atom. The summed E-state index contributed by atoms with van der Waals surface area (Å²) in [5, 5.41) is 3.92. The maximum absolute atomic E-state index is 12.6. The second-order valence-corrected chi connectivity index (χ2v) is 6.98. The van der Waals surface area contributed by atoms with Crippen molar-refractivity contribution >= 4 is 23.1 Å². The molecule has 2 heterocycles. The average molecular weight is 383 g/mol. The number of fused-ring (bicyclic) bond motifs is 1. The van der Waals surface area contributed by atoms with Crippen LogP contribution in [0.3, 0.4) is 0 Å². The average Bonchev–Trinajstić information content (AvgIpc) is 3.04. The molecule has 0 aliphatic carbocycles. The van der Waals surface area contributed by atoms with Gasteiger partial charge >= 0.3 is 5.69 Å². The summed E-state index contributed by atoms with van der Waals surface area (Å²) >= 11 is 6.02. The zero-order chi connectivity index (χ0) is 19.0. The fourth-order valence-electron chi connectivity index (χ4n) is 3.34. The van der Waals surface area contributed by atoms with Gasteiger partial charge in [-0.05, 0) is 29.7 Å². The molecule has 1 aliphatic rings. The Morgan fingerprint density at radius 2 is 1.74 bits per heavy atom. The van der Waals surface area contributed by atoms with Crippen LogP contribution in [0.1, 0.15) is 17.3 Å². The normalized spacial score (nSPS) is 15.5. The van der Waals surface area contributed by atoms with Crippen LogP contribution in [0, 0.1) is 0 Å². The van der Waals surface area contributed by atoms with Gasteiger partial charge in [0.05, 0.1) is 0 Å². The lowest BCUT2D eigenvalue weighted by Crippen LogP contribution is -2.34. The highest BCUT2D eigenvalue weighted by molar-refractivity contribution is 6.30. The molecule has 2 aromatic carbocycles. The second kappa shape index (κ2) is 6.96. The molecule has 27 heavy (non-hydrogen) atoms. The van der Waals surface area contributed by atoms with E-state index in [4.69, 9.17) is 11.6 Å².